The molecule has 0 saturated carbocycles. The van der Waals surface area contributed by atoms with Crippen molar-refractivity contribution < 1.29 is 0 Å². The van der Waals surface area contributed by atoms with Crippen molar-refractivity contribution in [1.29, 1.82) is 0 Å². The third-order valence-electron chi connectivity index (χ3n) is 2.03. The summed E-state index contributed by atoms with van der Waals surface area (Å²) < 4.78 is 1.82. The summed E-state index contributed by atoms with van der Waals surface area (Å²) in [4.78, 5) is 0. The summed E-state index contributed by atoms with van der Waals surface area (Å²) in [5.74, 6) is 0. The van der Waals surface area contributed by atoms with E-state index in [9.17, 15) is 0 Å². The van der Waals surface area contributed by atoms with Gasteiger partial charge in [0, 0.05) is 7.05 Å². The summed E-state index contributed by atoms with van der Waals surface area (Å²) in [6, 6.07) is 0.384. The number of rotatable bonds is 4. The first kappa shape index (κ1) is 9.19. The van der Waals surface area contributed by atoms with E-state index in [1.54, 1.807) is 0 Å². The van der Waals surface area contributed by atoms with Crippen LogP contribution >= 0.6 is 0 Å². The zero-order valence-corrected chi connectivity index (χ0v) is 7.91. The summed E-state index contributed by atoms with van der Waals surface area (Å²) >= 11 is 0. The van der Waals surface area contributed by atoms with Crippen LogP contribution in [0.4, 0.5) is 0 Å². The lowest BCUT2D eigenvalue weighted by molar-refractivity contribution is 0.499. The molecule has 1 aromatic rings. The van der Waals surface area contributed by atoms with E-state index in [1.807, 2.05) is 25.0 Å². The molecule has 0 fully saturated rings. The Morgan fingerprint density at radius 2 is 2.42 bits per heavy atom. The van der Waals surface area contributed by atoms with Crippen molar-refractivity contribution in [2.75, 3.05) is 7.05 Å². The highest BCUT2D eigenvalue weighted by atomic mass is 15.4. The van der Waals surface area contributed by atoms with E-state index in [2.05, 4.69) is 22.6 Å². The maximum atomic E-state index is 3.89. The van der Waals surface area contributed by atoms with Gasteiger partial charge in [0.2, 0.25) is 0 Å². The fraction of sp³-hybridized carbons (Fsp3) is 0.750. The van der Waals surface area contributed by atoms with Gasteiger partial charge in [0.25, 0.3) is 0 Å². The molecule has 0 radical (unpaired) electrons. The average molecular weight is 168 g/mol. The molecule has 0 aromatic carbocycles. The second kappa shape index (κ2) is 4.21. The van der Waals surface area contributed by atoms with Crippen LogP contribution in [-0.2, 0) is 7.05 Å². The molecule has 4 nitrogen and oxygen atoms in total. The number of hydrogen-bond acceptors (Lipinski definition) is 3. The summed E-state index contributed by atoms with van der Waals surface area (Å²) in [5, 5.41) is 11.0. The Kier molecular flexibility index (Phi) is 3.22. The molecule has 1 rings (SSSR count). The van der Waals surface area contributed by atoms with Crippen LogP contribution < -0.4 is 5.32 Å². The van der Waals surface area contributed by atoms with Gasteiger partial charge in [0.1, 0.15) is 0 Å². The third-order valence-corrected chi connectivity index (χ3v) is 2.03. The van der Waals surface area contributed by atoms with Gasteiger partial charge >= 0.3 is 0 Å². The molecule has 0 aliphatic rings. The van der Waals surface area contributed by atoms with Gasteiger partial charge in [-0.1, -0.05) is 18.6 Å². The molecule has 1 N–H and O–H groups in total. The summed E-state index contributed by atoms with van der Waals surface area (Å²) in [5.41, 5.74) is 1.15. The summed E-state index contributed by atoms with van der Waals surface area (Å²) in [7, 11) is 3.88. The van der Waals surface area contributed by atoms with Crippen LogP contribution in [0.25, 0.3) is 0 Å². The Balaban J connectivity index is 2.72. The molecule has 0 bridgehead atoms. The lowest BCUT2D eigenvalue weighted by Crippen LogP contribution is -2.19. The predicted molar refractivity (Wildman–Crippen MR) is 47.7 cm³/mol. The molecule has 1 unspecified atom stereocenters. The van der Waals surface area contributed by atoms with Crippen molar-refractivity contribution in [3.05, 3.63) is 11.9 Å². The smallest absolute Gasteiger partial charge is 0.0753 e. The lowest BCUT2D eigenvalue weighted by Gasteiger charge is -2.13. The molecule has 1 atom stereocenters. The van der Waals surface area contributed by atoms with Crippen molar-refractivity contribution in [3.8, 4) is 0 Å². The molecule has 1 heterocycles. The second-order valence-corrected chi connectivity index (χ2v) is 2.91. The van der Waals surface area contributed by atoms with Gasteiger partial charge in [-0.3, -0.25) is 4.68 Å². The zero-order valence-electron chi connectivity index (χ0n) is 7.91. The standard InChI is InChI=1S/C8H16N4/c1-4-5-7(9-2)8-6-10-11-12(8)3/h6-7,9H,4-5H2,1-3H3. The van der Waals surface area contributed by atoms with Crippen molar-refractivity contribution in [2.45, 2.75) is 25.8 Å². The van der Waals surface area contributed by atoms with Crippen LogP contribution in [0.1, 0.15) is 31.5 Å². The normalized spacial score (nSPS) is 13.2. The molecule has 1 aromatic heterocycles. The van der Waals surface area contributed by atoms with Crippen LogP contribution in [0.5, 0.6) is 0 Å². The fourth-order valence-electron chi connectivity index (χ4n) is 1.34. The highest BCUT2D eigenvalue weighted by Crippen LogP contribution is 2.15. The Bertz CT molecular complexity index is 231. The zero-order chi connectivity index (χ0) is 8.97. The highest BCUT2D eigenvalue weighted by Gasteiger charge is 2.11. The average Bonchev–Trinajstić information content (AvgIpc) is 2.47. The molecule has 0 aliphatic heterocycles. The second-order valence-electron chi connectivity index (χ2n) is 2.91. The number of hydrogen-bond donors (Lipinski definition) is 1. The van der Waals surface area contributed by atoms with Crippen molar-refractivity contribution in [2.24, 2.45) is 7.05 Å². The molecule has 0 saturated heterocycles. The van der Waals surface area contributed by atoms with Gasteiger partial charge < -0.3 is 5.32 Å². The molecule has 0 spiro atoms. The van der Waals surface area contributed by atoms with Crippen molar-refractivity contribution in [1.82, 2.24) is 20.3 Å². The van der Waals surface area contributed by atoms with E-state index in [0.29, 0.717) is 6.04 Å². The van der Waals surface area contributed by atoms with Crippen LogP contribution in [0, 0.1) is 0 Å². The SMILES string of the molecule is CCCC(NC)c1cnnn1C. The minimum atomic E-state index is 0.384. The Hall–Kier alpha value is -0.900. The van der Waals surface area contributed by atoms with Gasteiger partial charge in [-0.2, -0.15) is 0 Å². The molecule has 12 heavy (non-hydrogen) atoms. The van der Waals surface area contributed by atoms with Gasteiger partial charge in [0.05, 0.1) is 17.9 Å². The monoisotopic (exact) mass is 168 g/mol. The van der Waals surface area contributed by atoms with E-state index in [-0.39, 0.29) is 0 Å². The summed E-state index contributed by atoms with van der Waals surface area (Å²) in [6.45, 7) is 2.17. The number of nitrogens with zero attached hydrogens (tertiary/aromatic N) is 3. The molecular weight excluding hydrogens is 152 g/mol. The van der Waals surface area contributed by atoms with Gasteiger partial charge in [-0.25, -0.2) is 0 Å². The van der Waals surface area contributed by atoms with E-state index in [0.717, 1.165) is 18.5 Å². The van der Waals surface area contributed by atoms with Gasteiger partial charge in [-0.05, 0) is 13.5 Å². The maximum absolute atomic E-state index is 3.89. The molecule has 0 amide bonds. The van der Waals surface area contributed by atoms with Crippen LogP contribution in [-0.4, -0.2) is 22.0 Å². The lowest BCUT2D eigenvalue weighted by atomic mass is 10.1. The first-order valence-corrected chi connectivity index (χ1v) is 4.31. The maximum Gasteiger partial charge on any atom is 0.0753 e. The number of nitrogens with one attached hydrogen (secondary N) is 1. The van der Waals surface area contributed by atoms with Gasteiger partial charge in [-0.15, -0.1) is 5.10 Å². The van der Waals surface area contributed by atoms with Crippen molar-refractivity contribution in [3.63, 3.8) is 0 Å². The van der Waals surface area contributed by atoms with E-state index in [1.165, 1.54) is 0 Å². The first-order valence-electron chi connectivity index (χ1n) is 4.31. The quantitative estimate of drug-likeness (QED) is 0.725. The first-order chi connectivity index (χ1) is 5.79. The topological polar surface area (TPSA) is 42.7 Å². The Labute approximate surface area is 73.0 Å². The van der Waals surface area contributed by atoms with E-state index >= 15 is 0 Å². The van der Waals surface area contributed by atoms with Crippen molar-refractivity contribution >= 4 is 0 Å². The number of aryl methyl sites for hydroxylation is 1. The van der Waals surface area contributed by atoms with E-state index < -0.39 is 0 Å². The molecule has 4 heteroatoms. The highest BCUT2D eigenvalue weighted by molar-refractivity contribution is 5.00. The minimum absolute atomic E-state index is 0.384. The fourth-order valence-corrected chi connectivity index (χ4v) is 1.34. The number of aromatic nitrogens is 3. The molecular formula is C8H16N4. The largest absolute Gasteiger partial charge is 0.312 e. The summed E-state index contributed by atoms with van der Waals surface area (Å²) in [6.07, 6.45) is 4.10. The van der Waals surface area contributed by atoms with E-state index in [4.69, 9.17) is 0 Å². The van der Waals surface area contributed by atoms with Crippen LogP contribution in [0.2, 0.25) is 0 Å². The Morgan fingerprint density at radius 3 is 2.83 bits per heavy atom. The predicted octanol–water partition coefficient (Wildman–Crippen LogP) is 0.876. The Morgan fingerprint density at radius 1 is 1.67 bits per heavy atom. The molecule has 68 valence electrons. The van der Waals surface area contributed by atoms with Crippen LogP contribution in [0.15, 0.2) is 6.20 Å². The van der Waals surface area contributed by atoms with Gasteiger partial charge in [0.15, 0.2) is 0 Å². The third kappa shape index (κ3) is 1.82. The minimum Gasteiger partial charge on any atom is -0.312 e. The van der Waals surface area contributed by atoms with Crippen LogP contribution in [0.3, 0.4) is 0 Å². The molecule has 0 aliphatic carbocycles.